The molecule has 100 valence electrons. The average Bonchev–Trinajstić information content (AvgIpc) is 2.81. The molecule has 0 spiro atoms. The van der Waals surface area contributed by atoms with Gasteiger partial charge in [-0.1, -0.05) is 18.2 Å². The Labute approximate surface area is 117 Å². The second-order valence-corrected chi connectivity index (χ2v) is 4.54. The third-order valence-corrected chi connectivity index (χ3v) is 3.05. The van der Waals surface area contributed by atoms with E-state index in [4.69, 9.17) is 0 Å². The SMILES string of the molecule is Cc1ccnc(Nc2cnn(-c3ccccc3)c2C)n1. The van der Waals surface area contributed by atoms with Crippen molar-refractivity contribution in [2.45, 2.75) is 13.8 Å². The topological polar surface area (TPSA) is 55.6 Å². The van der Waals surface area contributed by atoms with Crippen LogP contribution < -0.4 is 5.32 Å². The molecule has 0 aliphatic carbocycles. The lowest BCUT2D eigenvalue weighted by Gasteiger charge is -2.06. The Balaban J connectivity index is 1.91. The molecule has 0 amide bonds. The van der Waals surface area contributed by atoms with Crippen LogP contribution in [-0.4, -0.2) is 19.7 Å². The number of anilines is 2. The van der Waals surface area contributed by atoms with Crippen LogP contribution in [0.4, 0.5) is 11.6 Å². The number of aryl methyl sites for hydroxylation is 1. The molecule has 1 N–H and O–H groups in total. The third kappa shape index (κ3) is 2.38. The number of hydrogen-bond donors (Lipinski definition) is 1. The number of benzene rings is 1. The first-order chi connectivity index (χ1) is 9.74. The monoisotopic (exact) mass is 265 g/mol. The highest BCUT2D eigenvalue weighted by Gasteiger charge is 2.09. The zero-order chi connectivity index (χ0) is 13.9. The summed E-state index contributed by atoms with van der Waals surface area (Å²) in [6, 6.07) is 11.9. The molecule has 0 bridgehead atoms. The zero-order valence-corrected chi connectivity index (χ0v) is 11.4. The van der Waals surface area contributed by atoms with Gasteiger partial charge >= 0.3 is 0 Å². The standard InChI is InChI=1S/C15H15N5/c1-11-8-9-16-15(18-11)19-14-10-17-20(12(14)2)13-6-4-3-5-7-13/h3-10H,1-2H3,(H,16,18,19). The molecule has 0 saturated heterocycles. The van der Waals surface area contributed by atoms with Gasteiger partial charge in [-0.2, -0.15) is 5.10 Å². The summed E-state index contributed by atoms with van der Waals surface area (Å²) in [7, 11) is 0. The molecule has 0 fully saturated rings. The fourth-order valence-electron chi connectivity index (χ4n) is 1.99. The summed E-state index contributed by atoms with van der Waals surface area (Å²) in [5.74, 6) is 0.584. The second-order valence-electron chi connectivity index (χ2n) is 4.54. The highest BCUT2D eigenvalue weighted by molar-refractivity contribution is 5.56. The summed E-state index contributed by atoms with van der Waals surface area (Å²) in [6.45, 7) is 3.95. The van der Waals surface area contributed by atoms with E-state index in [1.807, 2.05) is 54.9 Å². The van der Waals surface area contributed by atoms with Crippen molar-refractivity contribution in [3.05, 3.63) is 60.2 Å². The van der Waals surface area contributed by atoms with Gasteiger partial charge in [-0.25, -0.2) is 14.6 Å². The van der Waals surface area contributed by atoms with Crippen LogP contribution in [0.15, 0.2) is 48.8 Å². The Bertz CT molecular complexity index is 718. The molecule has 1 aromatic carbocycles. The second kappa shape index (κ2) is 5.13. The first kappa shape index (κ1) is 12.3. The quantitative estimate of drug-likeness (QED) is 0.791. The number of para-hydroxylation sites is 1. The number of rotatable bonds is 3. The third-order valence-electron chi connectivity index (χ3n) is 3.05. The van der Waals surface area contributed by atoms with Gasteiger partial charge in [-0.3, -0.25) is 0 Å². The van der Waals surface area contributed by atoms with Gasteiger partial charge in [0.2, 0.25) is 5.95 Å². The van der Waals surface area contributed by atoms with Crippen molar-refractivity contribution in [2.75, 3.05) is 5.32 Å². The molecule has 3 aromatic rings. The van der Waals surface area contributed by atoms with Crippen LogP contribution >= 0.6 is 0 Å². The van der Waals surface area contributed by atoms with Gasteiger partial charge in [0.15, 0.2) is 0 Å². The van der Waals surface area contributed by atoms with Gasteiger partial charge < -0.3 is 5.32 Å². The van der Waals surface area contributed by atoms with Crippen molar-refractivity contribution in [2.24, 2.45) is 0 Å². The number of hydrogen-bond acceptors (Lipinski definition) is 4. The van der Waals surface area contributed by atoms with E-state index in [9.17, 15) is 0 Å². The molecular formula is C15H15N5. The number of aromatic nitrogens is 4. The lowest BCUT2D eigenvalue weighted by atomic mass is 10.3. The predicted molar refractivity (Wildman–Crippen MR) is 78.4 cm³/mol. The molecule has 0 radical (unpaired) electrons. The average molecular weight is 265 g/mol. The molecule has 20 heavy (non-hydrogen) atoms. The van der Waals surface area contributed by atoms with E-state index >= 15 is 0 Å². The van der Waals surface area contributed by atoms with Gasteiger partial charge in [0, 0.05) is 11.9 Å². The summed E-state index contributed by atoms with van der Waals surface area (Å²) >= 11 is 0. The Morgan fingerprint density at radius 3 is 2.60 bits per heavy atom. The van der Waals surface area contributed by atoms with Crippen LogP contribution in [0.5, 0.6) is 0 Å². The maximum Gasteiger partial charge on any atom is 0.227 e. The normalized spacial score (nSPS) is 10.5. The molecule has 2 aromatic heterocycles. The Hall–Kier alpha value is -2.69. The summed E-state index contributed by atoms with van der Waals surface area (Å²) in [4.78, 5) is 8.53. The van der Waals surface area contributed by atoms with Crippen molar-refractivity contribution in [1.29, 1.82) is 0 Å². The van der Waals surface area contributed by atoms with E-state index in [0.29, 0.717) is 5.95 Å². The van der Waals surface area contributed by atoms with Gasteiger partial charge in [0.1, 0.15) is 0 Å². The highest BCUT2D eigenvalue weighted by Crippen LogP contribution is 2.20. The summed E-state index contributed by atoms with van der Waals surface area (Å²) < 4.78 is 1.89. The molecule has 0 unspecified atom stereocenters. The van der Waals surface area contributed by atoms with E-state index in [-0.39, 0.29) is 0 Å². The van der Waals surface area contributed by atoms with Crippen LogP contribution in [0.25, 0.3) is 5.69 Å². The van der Waals surface area contributed by atoms with Crippen LogP contribution in [0.2, 0.25) is 0 Å². The Morgan fingerprint density at radius 1 is 1.05 bits per heavy atom. The summed E-state index contributed by atoms with van der Waals surface area (Å²) in [6.07, 6.45) is 3.52. The highest BCUT2D eigenvalue weighted by atomic mass is 15.3. The molecule has 0 aliphatic heterocycles. The van der Waals surface area contributed by atoms with Gasteiger partial charge in [0.25, 0.3) is 0 Å². The van der Waals surface area contributed by atoms with Crippen molar-refractivity contribution >= 4 is 11.6 Å². The fourth-order valence-corrected chi connectivity index (χ4v) is 1.99. The fraction of sp³-hybridized carbons (Fsp3) is 0.133. The molecule has 5 heteroatoms. The number of nitrogens with one attached hydrogen (secondary N) is 1. The van der Waals surface area contributed by atoms with Crippen molar-refractivity contribution in [3.8, 4) is 5.69 Å². The van der Waals surface area contributed by atoms with Crippen LogP contribution in [-0.2, 0) is 0 Å². The van der Waals surface area contributed by atoms with Crippen LogP contribution in [0, 0.1) is 13.8 Å². The first-order valence-electron chi connectivity index (χ1n) is 6.41. The smallest absolute Gasteiger partial charge is 0.227 e. The van der Waals surface area contributed by atoms with Crippen molar-refractivity contribution in [1.82, 2.24) is 19.7 Å². The van der Waals surface area contributed by atoms with Crippen molar-refractivity contribution < 1.29 is 0 Å². The van der Waals surface area contributed by atoms with E-state index in [2.05, 4.69) is 20.4 Å². The number of nitrogens with zero attached hydrogens (tertiary/aromatic N) is 4. The molecule has 0 aliphatic rings. The van der Waals surface area contributed by atoms with Gasteiger partial charge in [-0.05, 0) is 32.0 Å². The molecule has 2 heterocycles. The first-order valence-corrected chi connectivity index (χ1v) is 6.41. The summed E-state index contributed by atoms with van der Waals surface area (Å²) in [5, 5.41) is 7.60. The predicted octanol–water partition coefficient (Wildman–Crippen LogP) is 3.02. The molecule has 0 saturated carbocycles. The largest absolute Gasteiger partial charge is 0.321 e. The van der Waals surface area contributed by atoms with E-state index in [1.54, 1.807) is 12.4 Å². The lowest BCUT2D eigenvalue weighted by molar-refractivity contribution is 0.847. The van der Waals surface area contributed by atoms with Crippen LogP contribution in [0.3, 0.4) is 0 Å². The lowest BCUT2D eigenvalue weighted by Crippen LogP contribution is -2.01. The van der Waals surface area contributed by atoms with Gasteiger partial charge in [-0.15, -0.1) is 0 Å². The Morgan fingerprint density at radius 2 is 1.85 bits per heavy atom. The molecule has 3 rings (SSSR count). The van der Waals surface area contributed by atoms with E-state index < -0.39 is 0 Å². The molecular weight excluding hydrogens is 250 g/mol. The minimum atomic E-state index is 0.584. The minimum absolute atomic E-state index is 0.584. The zero-order valence-electron chi connectivity index (χ0n) is 11.4. The van der Waals surface area contributed by atoms with E-state index in [1.165, 1.54) is 0 Å². The maximum absolute atomic E-state index is 4.40. The van der Waals surface area contributed by atoms with Crippen LogP contribution in [0.1, 0.15) is 11.4 Å². The van der Waals surface area contributed by atoms with Crippen molar-refractivity contribution in [3.63, 3.8) is 0 Å². The molecule has 0 atom stereocenters. The minimum Gasteiger partial charge on any atom is -0.321 e. The summed E-state index contributed by atoms with van der Waals surface area (Å²) in [5.41, 5.74) is 3.87. The molecule has 5 nitrogen and oxygen atoms in total. The van der Waals surface area contributed by atoms with Gasteiger partial charge in [0.05, 0.1) is 23.3 Å². The maximum atomic E-state index is 4.40. The van der Waals surface area contributed by atoms with E-state index in [0.717, 1.165) is 22.8 Å². The Kier molecular flexibility index (Phi) is 3.16.